The second-order valence-electron chi connectivity index (χ2n) is 4.59. The second-order valence-corrected chi connectivity index (χ2v) is 4.59. The molecule has 0 saturated heterocycles. The number of hydrogen-bond acceptors (Lipinski definition) is 2. The summed E-state index contributed by atoms with van der Waals surface area (Å²) in [6.07, 6.45) is 2.02. The largest absolute Gasteiger partial charge is 0.494 e. The zero-order chi connectivity index (χ0) is 11.8. The summed E-state index contributed by atoms with van der Waals surface area (Å²) in [6, 6.07) is 4.91. The molecular weight excluding hydrogens is 207 g/mol. The molecule has 0 bridgehead atoms. The molecule has 0 amide bonds. The van der Waals surface area contributed by atoms with Gasteiger partial charge in [0.05, 0.1) is 7.11 Å². The van der Waals surface area contributed by atoms with Crippen molar-refractivity contribution in [1.29, 1.82) is 0 Å². The van der Waals surface area contributed by atoms with Crippen LogP contribution in [0.4, 0.5) is 4.39 Å². The average molecular weight is 222 g/mol. The lowest BCUT2D eigenvalue weighted by atomic mass is 9.97. The first kappa shape index (κ1) is 11.1. The molecule has 2 nitrogen and oxygen atoms in total. The van der Waals surface area contributed by atoms with Crippen LogP contribution in [0.3, 0.4) is 0 Å². The van der Waals surface area contributed by atoms with Crippen LogP contribution in [0.25, 0.3) is 0 Å². The molecule has 0 unspecified atom stereocenters. The molecule has 0 heterocycles. The summed E-state index contributed by atoms with van der Waals surface area (Å²) in [5, 5.41) is 0. The van der Waals surface area contributed by atoms with Crippen molar-refractivity contribution in [2.45, 2.75) is 26.2 Å². The van der Waals surface area contributed by atoms with Gasteiger partial charge in [-0.15, -0.1) is 0 Å². The molecule has 0 aliphatic heterocycles. The summed E-state index contributed by atoms with van der Waals surface area (Å²) in [7, 11) is 1.42. The van der Waals surface area contributed by atoms with Crippen molar-refractivity contribution in [2.75, 3.05) is 7.11 Å². The normalized spacial score (nSPS) is 16.9. The highest BCUT2D eigenvalue weighted by Gasteiger charge is 2.44. The van der Waals surface area contributed by atoms with Crippen LogP contribution in [0, 0.1) is 11.2 Å². The summed E-state index contributed by atoms with van der Waals surface area (Å²) < 4.78 is 18.6. The SMILES string of the molecule is COc1cccc(CC(=O)C2(C)CC2)c1F. The predicted molar refractivity (Wildman–Crippen MR) is 59.0 cm³/mol. The molecule has 1 saturated carbocycles. The molecule has 1 aliphatic rings. The van der Waals surface area contributed by atoms with Crippen molar-refractivity contribution in [1.82, 2.24) is 0 Å². The maximum absolute atomic E-state index is 13.8. The number of benzene rings is 1. The third-order valence-corrected chi connectivity index (χ3v) is 3.29. The minimum absolute atomic E-state index is 0.125. The Labute approximate surface area is 94.4 Å². The smallest absolute Gasteiger partial charge is 0.168 e. The second kappa shape index (κ2) is 3.89. The molecule has 1 fully saturated rings. The van der Waals surface area contributed by atoms with Gasteiger partial charge in [0.25, 0.3) is 0 Å². The van der Waals surface area contributed by atoms with E-state index in [-0.39, 0.29) is 23.4 Å². The van der Waals surface area contributed by atoms with E-state index in [1.54, 1.807) is 18.2 Å². The lowest BCUT2D eigenvalue weighted by molar-refractivity contribution is -0.122. The first-order valence-electron chi connectivity index (χ1n) is 5.41. The van der Waals surface area contributed by atoms with E-state index in [2.05, 4.69) is 0 Å². The molecule has 0 atom stereocenters. The van der Waals surface area contributed by atoms with Gasteiger partial charge in [-0.3, -0.25) is 4.79 Å². The number of carbonyl (C=O) groups is 1. The number of rotatable bonds is 4. The van der Waals surface area contributed by atoms with Crippen molar-refractivity contribution in [3.63, 3.8) is 0 Å². The van der Waals surface area contributed by atoms with E-state index in [9.17, 15) is 9.18 Å². The van der Waals surface area contributed by atoms with Crippen molar-refractivity contribution >= 4 is 5.78 Å². The third-order valence-electron chi connectivity index (χ3n) is 3.29. The summed E-state index contributed by atoms with van der Waals surface area (Å²) >= 11 is 0. The summed E-state index contributed by atoms with van der Waals surface area (Å²) in [5.41, 5.74) is 0.229. The van der Waals surface area contributed by atoms with Gasteiger partial charge in [0, 0.05) is 11.8 Å². The van der Waals surface area contributed by atoms with E-state index in [1.807, 2.05) is 6.92 Å². The molecule has 0 N–H and O–H groups in total. The Morgan fingerprint density at radius 2 is 2.19 bits per heavy atom. The van der Waals surface area contributed by atoms with Gasteiger partial charge < -0.3 is 4.74 Å². The van der Waals surface area contributed by atoms with E-state index >= 15 is 0 Å². The van der Waals surface area contributed by atoms with Crippen LogP contribution in [0.5, 0.6) is 5.75 Å². The summed E-state index contributed by atoms with van der Waals surface area (Å²) in [4.78, 5) is 11.8. The lowest BCUT2D eigenvalue weighted by Crippen LogP contribution is -2.15. The highest BCUT2D eigenvalue weighted by Crippen LogP contribution is 2.46. The molecule has 1 aromatic rings. The van der Waals surface area contributed by atoms with Gasteiger partial charge in [0.1, 0.15) is 5.78 Å². The Hall–Kier alpha value is -1.38. The molecule has 0 aromatic heterocycles. The van der Waals surface area contributed by atoms with Gasteiger partial charge in [-0.05, 0) is 24.5 Å². The molecule has 0 spiro atoms. The van der Waals surface area contributed by atoms with Crippen molar-refractivity contribution in [2.24, 2.45) is 5.41 Å². The standard InChI is InChI=1S/C13H15FO2/c1-13(6-7-13)11(15)8-9-4-3-5-10(16-2)12(9)14/h3-5H,6-8H2,1-2H3. The van der Waals surface area contributed by atoms with E-state index in [4.69, 9.17) is 4.74 Å². The van der Waals surface area contributed by atoms with Gasteiger partial charge >= 0.3 is 0 Å². The number of carbonyl (C=O) groups excluding carboxylic acids is 1. The minimum Gasteiger partial charge on any atom is -0.494 e. The average Bonchev–Trinajstić information content (AvgIpc) is 3.01. The molecular formula is C13H15FO2. The Balaban J connectivity index is 2.18. The molecule has 0 radical (unpaired) electrons. The number of methoxy groups -OCH3 is 1. The molecule has 16 heavy (non-hydrogen) atoms. The molecule has 86 valence electrons. The van der Waals surface area contributed by atoms with Gasteiger partial charge in [-0.25, -0.2) is 4.39 Å². The number of hydrogen-bond donors (Lipinski definition) is 0. The fourth-order valence-corrected chi connectivity index (χ4v) is 1.70. The Morgan fingerprint density at radius 1 is 1.50 bits per heavy atom. The van der Waals surface area contributed by atoms with Crippen LogP contribution in [0.15, 0.2) is 18.2 Å². The van der Waals surface area contributed by atoms with Crippen LogP contribution in [0.2, 0.25) is 0 Å². The van der Waals surface area contributed by atoms with Crippen molar-refractivity contribution in [3.8, 4) is 5.75 Å². The Kier molecular flexibility index (Phi) is 2.70. The predicted octanol–water partition coefficient (Wildman–Crippen LogP) is 2.75. The third kappa shape index (κ3) is 1.94. The van der Waals surface area contributed by atoms with Gasteiger partial charge in [0.15, 0.2) is 11.6 Å². The first-order chi connectivity index (χ1) is 7.57. The quantitative estimate of drug-likeness (QED) is 0.783. The van der Waals surface area contributed by atoms with E-state index in [0.717, 1.165) is 12.8 Å². The Morgan fingerprint density at radius 3 is 2.75 bits per heavy atom. The van der Waals surface area contributed by atoms with Gasteiger partial charge in [0.2, 0.25) is 0 Å². The van der Waals surface area contributed by atoms with Crippen molar-refractivity contribution in [3.05, 3.63) is 29.6 Å². The van der Waals surface area contributed by atoms with Crippen LogP contribution in [-0.2, 0) is 11.2 Å². The van der Waals surface area contributed by atoms with Gasteiger partial charge in [-0.1, -0.05) is 19.1 Å². The maximum Gasteiger partial charge on any atom is 0.168 e. The zero-order valence-electron chi connectivity index (χ0n) is 9.55. The fraction of sp³-hybridized carbons (Fsp3) is 0.462. The molecule has 1 aromatic carbocycles. The summed E-state index contributed by atoms with van der Waals surface area (Å²) in [5.74, 6) is -0.0893. The fourth-order valence-electron chi connectivity index (χ4n) is 1.70. The number of Topliss-reactive ketones (excluding diaryl/α,β-unsaturated/α-hetero) is 1. The van der Waals surface area contributed by atoms with Crippen LogP contribution in [0.1, 0.15) is 25.3 Å². The van der Waals surface area contributed by atoms with E-state index in [0.29, 0.717) is 5.56 Å². The monoisotopic (exact) mass is 222 g/mol. The molecule has 1 aliphatic carbocycles. The van der Waals surface area contributed by atoms with Gasteiger partial charge in [-0.2, -0.15) is 0 Å². The first-order valence-corrected chi connectivity index (χ1v) is 5.41. The van der Waals surface area contributed by atoms with E-state index in [1.165, 1.54) is 7.11 Å². The van der Waals surface area contributed by atoms with E-state index < -0.39 is 5.82 Å². The van der Waals surface area contributed by atoms with Crippen LogP contribution in [-0.4, -0.2) is 12.9 Å². The summed E-state index contributed by atoms with van der Waals surface area (Å²) in [6.45, 7) is 1.94. The highest BCUT2D eigenvalue weighted by atomic mass is 19.1. The highest BCUT2D eigenvalue weighted by molar-refractivity contribution is 5.88. The molecule has 3 heteroatoms. The molecule has 2 rings (SSSR count). The lowest BCUT2D eigenvalue weighted by Gasteiger charge is -2.09. The number of halogens is 1. The van der Waals surface area contributed by atoms with Crippen LogP contribution >= 0.6 is 0 Å². The van der Waals surface area contributed by atoms with Crippen LogP contribution < -0.4 is 4.74 Å². The maximum atomic E-state index is 13.8. The Bertz CT molecular complexity index is 422. The number of ether oxygens (including phenoxy) is 1. The minimum atomic E-state index is -0.414. The number of ketones is 1. The van der Waals surface area contributed by atoms with Crippen molar-refractivity contribution < 1.29 is 13.9 Å². The zero-order valence-corrected chi connectivity index (χ0v) is 9.55. The topological polar surface area (TPSA) is 26.3 Å².